The molecule has 0 atom stereocenters. The molecule has 0 radical (unpaired) electrons. The largest absolute Gasteiger partial charge is 0.298 e. The lowest BCUT2D eigenvalue weighted by atomic mass is 10.1. The second kappa shape index (κ2) is 6.28. The van der Waals surface area contributed by atoms with Gasteiger partial charge in [0.05, 0.1) is 0 Å². The van der Waals surface area contributed by atoms with Crippen LogP contribution in [0.4, 0.5) is 0 Å². The van der Waals surface area contributed by atoms with Crippen LogP contribution in [0, 0.1) is 0 Å². The highest BCUT2D eigenvalue weighted by atomic mass is 32.1. The fourth-order valence-corrected chi connectivity index (χ4v) is 2.18. The summed E-state index contributed by atoms with van der Waals surface area (Å²) in [5.74, 6) is -0.915. The fourth-order valence-electron chi connectivity index (χ4n) is 1.93. The zero-order valence-electron chi connectivity index (χ0n) is 11.3. The molecule has 2 rings (SSSR count). The number of nitrogens with one attached hydrogen (secondary N) is 1. The van der Waals surface area contributed by atoms with Gasteiger partial charge < -0.3 is 0 Å². The molecule has 1 heterocycles. The molecule has 106 valence electrons. The van der Waals surface area contributed by atoms with E-state index in [1.807, 2.05) is 24.3 Å². The number of carbonyl (C=O) groups excluding carboxylic acids is 2. The van der Waals surface area contributed by atoms with Crippen molar-refractivity contribution in [2.75, 3.05) is 6.54 Å². The number of thiocarbonyl (C=S) groups is 1. The van der Waals surface area contributed by atoms with Crippen molar-refractivity contribution in [2.24, 2.45) is 0 Å². The fraction of sp³-hybridized carbons (Fsp3) is 0.0625. The van der Waals surface area contributed by atoms with E-state index in [2.05, 4.69) is 18.5 Å². The number of rotatable bonds is 4. The molecular formula is C16H14N2O2S. The molecule has 1 aliphatic heterocycles. The molecule has 1 aliphatic rings. The monoisotopic (exact) mass is 298 g/mol. The minimum Gasteiger partial charge on any atom is -0.298 e. The van der Waals surface area contributed by atoms with Crippen LogP contribution < -0.4 is 5.32 Å². The Morgan fingerprint density at radius 1 is 1.24 bits per heavy atom. The summed E-state index contributed by atoms with van der Waals surface area (Å²) in [6, 6.07) is 7.37. The zero-order valence-corrected chi connectivity index (χ0v) is 12.2. The molecule has 5 heteroatoms. The van der Waals surface area contributed by atoms with Gasteiger partial charge in [0.25, 0.3) is 11.8 Å². The Hall–Kier alpha value is -2.53. The van der Waals surface area contributed by atoms with Gasteiger partial charge in [0.15, 0.2) is 5.11 Å². The predicted octanol–water partition coefficient (Wildman–Crippen LogP) is 2.14. The molecule has 4 nitrogen and oxygen atoms in total. The van der Waals surface area contributed by atoms with Gasteiger partial charge in [0.2, 0.25) is 0 Å². The van der Waals surface area contributed by atoms with Gasteiger partial charge in [0, 0.05) is 6.54 Å². The summed E-state index contributed by atoms with van der Waals surface area (Å²) >= 11 is 4.99. The van der Waals surface area contributed by atoms with Crippen LogP contribution in [0.1, 0.15) is 11.1 Å². The van der Waals surface area contributed by atoms with Crippen LogP contribution in [-0.2, 0) is 9.59 Å². The third-order valence-electron chi connectivity index (χ3n) is 2.95. The third-order valence-corrected chi connectivity index (χ3v) is 3.28. The van der Waals surface area contributed by atoms with E-state index in [-0.39, 0.29) is 17.2 Å². The van der Waals surface area contributed by atoms with E-state index < -0.39 is 11.8 Å². The summed E-state index contributed by atoms with van der Waals surface area (Å²) in [6.07, 6.45) is 4.80. The van der Waals surface area contributed by atoms with E-state index in [0.29, 0.717) is 0 Å². The highest BCUT2D eigenvalue weighted by Gasteiger charge is 2.32. The van der Waals surface area contributed by atoms with Gasteiger partial charge in [0.1, 0.15) is 5.57 Å². The predicted molar refractivity (Wildman–Crippen MR) is 87.2 cm³/mol. The van der Waals surface area contributed by atoms with E-state index in [1.54, 1.807) is 18.2 Å². The molecule has 0 aliphatic carbocycles. The highest BCUT2D eigenvalue weighted by Crippen LogP contribution is 2.16. The second-order valence-corrected chi connectivity index (χ2v) is 4.78. The SMILES string of the molecule is C=CCN1C(=O)/C(=C/c2cccc(C=C)c2)C(=O)NC1=S. The van der Waals surface area contributed by atoms with Gasteiger partial charge in [-0.15, -0.1) is 6.58 Å². The first-order valence-corrected chi connectivity index (χ1v) is 6.70. The maximum Gasteiger partial charge on any atom is 0.265 e. The van der Waals surface area contributed by atoms with Gasteiger partial charge >= 0.3 is 0 Å². The van der Waals surface area contributed by atoms with Gasteiger partial charge in [-0.25, -0.2) is 0 Å². The Bertz CT molecular complexity index is 677. The summed E-state index contributed by atoms with van der Waals surface area (Å²) in [5, 5.41) is 2.60. The normalized spacial score (nSPS) is 16.9. The Balaban J connectivity index is 2.40. The molecule has 0 aromatic heterocycles. The summed E-state index contributed by atoms with van der Waals surface area (Å²) in [6.45, 7) is 7.52. The lowest BCUT2D eigenvalue weighted by molar-refractivity contribution is -0.128. The van der Waals surface area contributed by atoms with Gasteiger partial charge in [-0.3, -0.25) is 19.8 Å². The molecular weight excluding hydrogens is 284 g/mol. The zero-order chi connectivity index (χ0) is 15.4. The van der Waals surface area contributed by atoms with Crippen molar-refractivity contribution < 1.29 is 9.59 Å². The van der Waals surface area contributed by atoms with Gasteiger partial charge in [-0.05, 0) is 35.5 Å². The van der Waals surface area contributed by atoms with Gasteiger partial charge in [-0.2, -0.15) is 0 Å². The van der Waals surface area contributed by atoms with E-state index in [1.165, 1.54) is 4.90 Å². The Labute approximate surface area is 128 Å². The number of nitrogens with zero attached hydrogens (tertiary/aromatic N) is 1. The van der Waals surface area contributed by atoms with Crippen LogP contribution in [0.15, 0.2) is 49.1 Å². The van der Waals surface area contributed by atoms with Crippen LogP contribution in [-0.4, -0.2) is 28.4 Å². The molecule has 1 aromatic rings. The molecule has 2 amide bonds. The molecule has 0 saturated carbocycles. The average molecular weight is 298 g/mol. The van der Waals surface area contributed by atoms with Gasteiger partial charge in [-0.1, -0.05) is 36.9 Å². The van der Waals surface area contributed by atoms with E-state index in [9.17, 15) is 9.59 Å². The number of carbonyl (C=O) groups is 2. The maximum atomic E-state index is 12.3. The van der Waals surface area contributed by atoms with Crippen molar-refractivity contribution in [1.82, 2.24) is 10.2 Å². The second-order valence-electron chi connectivity index (χ2n) is 4.40. The van der Waals surface area contributed by atoms with Crippen molar-refractivity contribution in [3.8, 4) is 0 Å². The number of amides is 2. The number of hydrogen-bond donors (Lipinski definition) is 1. The third kappa shape index (κ3) is 3.14. The lowest BCUT2D eigenvalue weighted by Gasteiger charge is -2.27. The topological polar surface area (TPSA) is 49.4 Å². The standard InChI is InChI=1S/C16H14N2O2S/c1-3-8-18-15(20)13(14(19)17-16(18)21)10-12-7-5-6-11(4-2)9-12/h3-7,9-10H,1-2,8H2,(H,17,19,21)/b13-10+. The van der Waals surface area contributed by atoms with E-state index >= 15 is 0 Å². The minimum atomic E-state index is -0.491. The molecule has 1 saturated heterocycles. The molecule has 0 spiro atoms. The van der Waals surface area contributed by atoms with Crippen molar-refractivity contribution >= 4 is 41.3 Å². The van der Waals surface area contributed by atoms with Crippen molar-refractivity contribution in [3.05, 3.63) is 60.2 Å². The Morgan fingerprint density at radius 2 is 1.95 bits per heavy atom. The lowest BCUT2D eigenvalue weighted by Crippen LogP contribution is -2.53. The van der Waals surface area contributed by atoms with Crippen LogP contribution >= 0.6 is 12.2 Å². The molecule has 0 bridgehead atoms. The highest BCUT2D eigenvalue weighted by molar-refractivity contribution is 7.80. The summed E-state index contributed by atoms with van der Waals surface area (Å²) in [4.78, 5) is 25.6. The van der Waals surface area contributed by atoms with Crippen molar-refractivity contribution in [2.45, 2.75) is 0 Å². The number of hydrogen-bond acceptors (Lipinski definition) is 3. The van der Waals surface area contributed by atoms with Crippen molar-refractivity contribution in [1.29, 1.82) is 0 Å². The van der Waals surface area contributed by atoms with Crippen LogP contribution in [0.2, 0.25) is 0 Å². The number of benzene rings is 1. The van der Waals surface area contributed by atoms with Crippen molar-refractivity contribution in [3.63, 3.8) is 0 Å². The summed E-state index contributed by atoms with van der Waals surface area (Å²) in [5.41, 5.74) is 1.70. The minimum absolute atomic E-state index is 0.0478. The van der Waals surface area contributed by atoms with E-state index in [0.717, 1.165) is 11.1 Å². The molecule has 1 N–H and O–H groups in total. The summed E-state index contributed by atoms with van der Waals surface area (Å²) < 4.78 is 0. The van der Waals surface area contributed by atoms with Crippen LogP contribution in [0.3, 0.4) is 0 Å². The Morgan fingerprint density at radius 3 is 2.62 bits per heavy atom. The van der Waals surface area contributed by atoms with Crippen LogP contribution in [0.5, 0.6) is 0 Å². The van der Waals surface area contributed by atoms with Crippen LogP contribution in [0.25, 0.3) is 12.2 Å². The summed E-state index contributed by atoms with van der Waals surface area (Å²) in [7, 11) is 0. The first kappa shape index (κ1) is 14.9. The molecule has 1 fully saturated rings. The molecule has 1 aromatic carbocycles. The first-order chi connectivity index (χ1) is 10.1. The quantitative estimate of drug-likeness (QED) is 0.401. The smallest absolute Gasteiger partial charge is 0.265 e. The van der Waals surface area contributed by atoms with E-state index in [4.69, 9.17) is 12.2 Å². The maximum absolute atomic E-state index is 12.3. The molecule has 21 heavy (non-hydrogen) atoms. The first-order valence-electron chi connectivity index (χ1n) is 6.29. The average Bonchev–Trinajstić information content (AvgIpc) is 2.48. The molecule has 0 unspecified atom stereocenters. The Kier molecular flexibility index (Phi) is 4.45.